The zero-order valence-corrected chi connectivity index (χ0v) is 12.4. The summed E-state index contributed by atoms with van der Waals surface area (Å²) in [5, 5.41) is 13.3. The number of piperidine rings is 1. The zero-order chi connectivity index (χ0) is 13.6. The Morgan fingerprint density at radius 2 is 1.94 bits per heavy atom. The summed E-state index contributed by atoms with van der Waals surface area (Å²) in [5.41, 5.74) is 0.0758. The number of likely N-dealkylation sites (tertiary alicyclic amines) is 1. The Bertz CT molecular complexity index is 220. The van der Waals surface area contributed by atoms with E-state index in [0.29, 0.717) is 12.5 Å². The minimum atomic E-state index is -0.275. The summed E-state index contributed by atoms with van der Waals surface area (Å²) >= 11 is 0. The highest BCUT2D eigenvalue weighted by atomic mass is 16.5. The molecular formula is C14H30N2O2. The van der Waals surface area contributed by atoms with Gasteiger partial charge < -0.3 is 20.1 Å². The van der Waals surface area contributed by atoms with Crippen molar-refractivity contribution >= 4 is 0 Å². The molecule has 0 amide bonds. The van der Waals surface area contributed by atoms with E-state index in [1.54, 1.807) is 7.11 Å². The van der Waals surface area contributed by atoms with Crippen LogP contribution in [0.2, 0.25) is 0 Å². The smallest absolute Gasteiger partial charge is 0.0791 e. The van der Waals surface area contributed by atoms with Gasteiger partial charge in [-0.25, -0.2) is 0 Å². The summed E-state index contributed by atoms with van der Waals surface area (Å²) in [7, 11) is 1.77. The van der Waals surface area contributed by atoms with Gasteiger partial charge in [0, 0.05) is 32.3 Å². The summed E-state index contributed by atoms with van der Waals surface area (Å²) in [6.07, 6.45) is 2.10. The molecule has 0 bridgehead atoms. The van der Waals surface area contributed by atoms with E-state index >= 15 is 0 Å². The van der Waals surface area contributed by atoms with E-state index in [4.69, 9.17) is 4.74 Å². The second-order valence-corrected chi connectivity index (χ2v) is 6.48. The number of β-amino-alcohol motifs (C(OH)–C–C–N with tert-alkyl or cyclic N) is 1. The third kappa shape index (κ3) is 6.69. The van der Waals surface area contributed by atoms with E-state index < -0.39 is 0 Å². The van der Waals surface area contributed by atoms with Crippen molar-refractivity contribution in [2.75, 3.05) is 39.9 Å². The summed E-state index contributed by atoms with van der Waals surface area (Å²) in [6.45, 7) is 10.9. The lowest BCUT2D eigenvalue weighted by Gasteiger charge is -2.33. The molecule has 108 valence electrons. The van der Waals surface area contributed by atoms with Crippen molar-refractivity contribution in [3.05, 3.63) is 0 Å². The number of ether oxygens (including phenoxy) is 1. The van der Waals surface area contributed by atoms with Crippen molar-refractivity contribution in [3.63, 3.8) is 0 Å². The first-order chi connectivity index (χ1) is 8.40. The molecule has 0 radical (unpaired) electrons. The van der Waals surface area contributed by atoms with Crippen LogP contribution >= 0.6 is 0 Å². The molecule has 1 aliphatic heterocycles. The number of nitrogens with one attached hydrogen (secondary N) is 1. The minimum absolute atomic E-state index is 0.0758. The van der Waals surface area contributed by atoms with E-state index in [2.05, 4.69) is 31.0 Å². The molecule has 1 heterocycles. The van der Waals surface area contributed by atoms with Crippen LogP contribution in [-0.2, 0) is 4.74 Å². The molecular weight excluding hydrogens is 228 g/mol. The number of hydrogen-bond acceptors (Lipinski definition) is 4. The zero-order valence-electron chi connectivity index (χ0n) is 12.4. The first kappa shape index (κ1) is 15.9. The van der Waals surface area contributed by atoms with Crippen LogP contribution in [0.1, 0.15) is 33.6 Å². The number of nitrogens with zero attached hydrogens (tertiary/aromatic N) is 1. The van der Waals surface area contributed by atoms with Crippen LogP contribution in [0.15, 0.2) is 0 Å². The Balaban J connectivity index is 2.16. The number of rotatable bonds is 6. The van der Waals surface area contributed by atoms with Crippen LogP contribution in [0.5, 0.6) is 0 Å². The molecule has 18 heavy (non-hydrogen) atoms. The maximum atomic E-state index is 10.0. The Morgan fingerprint density at radius 3 is 2.44 bits per heavy atom. The van der Waals surface area contributed by atoms with Crippen molar-refractivity contribution in [1.29, 1.82) is 0 Å². The fourth-order valence-corrected chi connectivity index (χ4v) is 2.36. The van der Waals surface area contributed by atoms with Crippen molar-refractivity contribution in [2.24, 2.45) is 5.92 Å². The van der Waals surface area contributed by atoms with E-state index in [0.717, 1.165) is 26.2 Å². The molecule has 1 aliphatic rings. The second-order valence-electron chi connectivity index (χ2n) is 6.48. The number of aliphatic hydroxyl groups excluding tert-OH is 1. The van der Waals surface area contributed by atoms with E-state index in [1.807, 2.05) is 0 Å². The highest BCUT2D eigenvalue weighted by Crippen LogP contribution is 2.17. The van der Waals surface area contributed by atoms with Crippen LogP contribution < -0.4 is 5.32 Å². The van der Waals surface area contributed by atoms with Gasteiger partial charge in [-0.15, -0.1) is 0 Å². The molecule has 0 aliphatic carbocycles. The molecule has 2 N–H and O–H groups in total. The summed E-state index contributed by atoms with van der Waals surface area (Å²) in [4.78, 5) is 2.36. The predicted molar refractivity (Wildman–Crippen MR) is 74.8 cm³/mol. The first-order valence-electron chi connectivity index (χ1n) is 7.05. The average molecular weight is 258 g/mol. The largest absolute Gasteiger partial charge is 0.390 e. The minimum Gasteiger partial charge on any atom is -0.390 e. The molecule has 0 aromatic carbocycles. The molecule has 0 spiro atoms. The lowest BCUT2D eigenvalue weighted by atomic mass is 9.97. The van der Waals surface area contributed by atoms with Crippen molar-refractivity contribution in [2.45, 2.75) is 45.3 Å². The van der Waals surface area contributed by atoms with Gasteiger partial charge >= 0.3 is 0 Å². The Hall–Kier alpha value is -0.160. The van der Waals surface area contributed by atoms with E-state index in [-0.39, 0.29) is 11.6 Å². The van der Waals surface area contributed by atoms with Gasteiger partial charge in [-0.1, -0.05) is 0 Å². The lowest BCUT2D eigenvalue weighted by molar-refractivity contribution is 0.0634. The van der Waals surface area contributed by atoms with Gasteiger partial charge in [0.15, 0.2) is 0 Å². The fraction of sp³-hybridized carbons (Fsp3) is 1.00. The highest BCUT2D eigenvalue weighted by Gasteiger charge is 2.21. The van der Waals surface area contributed by atoms with Crippen molar-refractivity contribution < 1.29 is 9.84 Å². The summed E-state index contributed by atoms with van der Waals surface area (Å²) in [5.74, 6) is 0.705. The maximum absolute atomic E-state index is 10.0. The summed E-state index contributed by atoms with van der Waals surface area (Å²) < 4.78 is 5.20. The topological polar surface area (TPSA) is 44.7 Å². The Kier molecular flexibility index (Phi) is 6.57. The fourth-order valence-electron chi connectivity index (χ4n) is 2.36. The van der Waals surface area contributed by atoms with Crippen LogP contribution in [0.4, 0.5) is 0 Å². The molecule has 0 saturated carbocycles. The number of methoxy groups -OCH3 is 1. The molecule has 1 fully saturated rings. The van der Waals surface area contributed by atoms with Gasteiger partial charge in [0.2, 0.25) is 0 Å². The molecule has 1 unspecified atom stereocenters. The molecule has 0 aromatic heterocycles. The molecule has 1 saturated heterocycles. The van der Waals surface area contributed by atoms with Gasteiger partial charge in [0.1, 0.15) is 0 Å². The summed E-state index contributed by atoms with van der Waals surface area (Å²) in [6, 6.07) is 0. The third-order valence-corrected chi connectivity index (χ3v) is 3.45. The standard InChI is InChI=1S/C14H30N2O2/c1-14(2,3)15-9-13(17)10-16-7-5-12(6-8-16)11-18-4/h12-13,15,17H,5-11H2,1-4H3. The molecule has 0 aromatic rings. The van der Waals surface area contributed by atoms with Crippen LogP contribution in [0.3, 0.4) is 0 Å². The normalized spacial score (nSPS) is 21.2. The van der Waals surface area contributed by atoms with Crippen molar-refractivity contribution in [1.82, 2.24) is 10.2 Å². The maximum Gasteiger partial charge on any atom is 0.0791 e. The highest BCUT2D eigenvalue weighted by molar-refractivity contribution is 4.77. The quantitative estimate of drug-likeness (QED) is 0.749. The Morgan fingerprint density at radius 1 is 1.33 bits per heavy atom. The lowest BCUT2D eigenvalue weighted by Crippen LogP contribution is -2.46. The first-order valence-corrected chi connectivity index (χ1v) is 7.05. The van der Waals surface area contributed by atoms with E-state index in [9.17, 15) is 5.11 Å². The number of aliphatic hydroxyl groups is 1. The van der Waals surface area contributed by atoms with Gasteiger partial charge in [-0.05, 0) is 52.6 Å². The molecule has 4 heteroatoms. The molecule has 1 rings (SSSR count). The van der Waals surface area contributed by atoms with Gasteiger partial charge in [0.05, 0.1) is 6.10 Å². The van der Waals surface area contributed by atoms with Gasteiger partial charge in [0.25, 0.3) is 0 Å². The Labute approximate surface area is 112 Å². The second kappa shape index (κ2) is 7.43. The SMILES string of the molecule is COCC1CCN(CC(O)CNC(C)(C)C)CC1. The monoisotopic (exact) mass is 258 g/mol. The third-order valence-electron chi connectivity index (χ3n) is 3.45. The average Bonchev–Trinajstić information content (AvgIpc) is 2.29. The number of hydrogen-bond donors (Lipinski definition) is 2. The van der Waals surface area contributed by atoms with Crippen LogP contribution in [0.25, 0.3) is 0 Å². The van der Waals surface area contributed by atoms with Crippen LogP contribution in [0, 0.1) is 5.92 Å². The van der Waals surface area contributed by atoms with Crippen LogP contribution in [-0.4, -0.2) is 61.5 Å². The predicted octanol–water partition coefficient (Wildman–Crippen LogP) is 1.09. The van der Waals surface area contributed by atoms with Gasteiger partial charge in [-0.2, -0.15) is 0 Å². The van der Waals surface area contributed by atoms with Crippen molar-refractivity contribution in [3.8, 4) is 0 Å². The van der Waals surface area contributed by atoms with E-state index in [1.165, 1.54) is 12.8 Å². The van der Waals surface area contributed by atoms with Gasteiger partial charge in [-0.3, -0.25) is 0 Å². The molecule has 4 nitrogen and oxygen atoms in total. The molecule has 1 atom stereocenters.